The van der Waals surface area contributed by atoms with Crippen molar-refractivity contribution in [1.29, 1.82) is 0 Å². The normalized spacial score (nSPS) is 12.1. The third-order valence-electron chi connectivity index (χ3n) is 2.35. The lowest BCUT2D eigenvalue weighted by atomic mass is 10.3. The van der Waals surface area contributed by atoms with Crippen LogP contribution in [0.4, 0.5) is 5.69 Å². The number of hydrogen-bond acceptors (Lipinski definition) is 3. The third kappa shape index (κ3) is 4.69. The minimum absolute atomic E-state index is 0.00251. The van der Waals surface area contributed by atoms with E-state index in [2.05, 4.69) is 0 Å². The van der Waals surface area contributed by atoms with Gasteiger partial charge in [0, 0.05) is 12.1 Å². The van der Waals surface area contributed by atoms with Gasteiger partial charge < -0.3 is 4.74 Å². The van der Waals surface area contributed by atoms with E-state index in [0.717, 1.165) is 0 Å². The molecule has 104 valence electrons. The van der Waals surface area contributed by atoms with Gasteiger partial charge in [0.2, 0.25) is 0 Å². The summed E-state index contributed by atoms with van der Waals surface area (Å²) in [5, 5.41) is 10.8. The summed E-state index contributed by atoms with van der Waals surface area (Å²) in [6.07, 6.45) is 0. The summed E-state index contributed by atoms with van der Waals surface area (Å²) < 4.78 is 5.70. The Morgan fingerprint density at radius 3 is 2.16 bits per heavy atom. The third-order valence-corrected chi connectivity index (χ3v) is 5.24. The first-order chi connectivity index (χ1) is 8.82. The molecule has 0 radical (unpaired) electrons. The lowest BCUT2D eigenvalue weighted by Crippen LogP contribution is -2.31. The Balaban J connectivity index is 2.92. The molecule has 1 aromatic carbocycles. The number of nitro benzene ring substituents is 1. The van der Waals surface area contributed by atoms with Crippen LogP contribution in [0.25, 0.3) is 0 Å². The molecule has 0 N–H and O–H groups in total. The molecule has 0 spiro atoms. The van der Waals surface area contributed by atoms with Crippen molar-refractivity contribution in [2.24, 2.45) is 0 Å². The van der Waals surface area contributed by atoms with E-state index >= 15 is 0 Å². The molecule has 0 aliphatic heterocycles. The number of hydrogen-bond donors (Lipinski definition) is 0. The fourth-order valence-corrected chi connectivity index (χ4v) is 3.79. The predicted molar refractivity (Wildman–Crippen MR) is 81.0 cm³/mol. The predicted octanol–water partition coefficient (Wildman–Crippen LogP) is 4.25. The standard InChI is InChI=1S/C11H12Cl3NO3Si/c1-19(2)11(9(12)10(13)14)18-8-5-3-7(4-6-8)15(16)17/h3-6,11,19H,1-2H3. The SMILES string of the molecule is C[SiH](C)C(Oc1ccc([N+](=O)[O-])cc1)C(Cl)=C(Cl)Cl. The Morgan fingerprint density at radius 2 is 1.79 bits per heavy atom. The van der Waals surface area contributed by atoms with Gasteiger partial charge >= 0.3 is 0 Å². The van der Waals surface area contributed by atoms with Crippen LogP contribution in [-0.4, -0.2) is 19.4 Å². The highest BCUT2D eigenvalue weighted by Crippen LogP contribution is 2.27. The minimum Gasteiger partial charge on any atom is -0.489 e. The topological polar surface area (TPSA) is 52.4 Å². The van der Waals surface area contributed by atoms with Gasteiger partial charge in [-0.2, -0.15) is 0 Å². The summed E-state index contributed by atoms with van der Waals surface area (Å²) in [6.45, 7) is 4.07. The van der Waals surface area contributed by atoms with E-state index in [0.29, 0.717) is 5.75 Å². The Kier molecular flexibility index (Phi) is 6.13. The second kappa shape index (κ2) is 7.14. The molecular formula is C11H12Cl3NO3Si. The number of non-ortho nitro benzene ring substituents is 1. The van der Waals surface area contributed by atoms with Gasteiger partial charge in [0.15, 0.2) is 0 Å². The number of halogens is 3. The first kappa shape index (κ1) is 16.3. The maximum atomic E-state index is 10.5. The molecular weight excluding hydrogens is 329 g/mol. The van der Waals surface area contributed by atoms with Crippen molar-refractivity contribution >= 4 is 49.3 Å². The molecule has 0 amide bonds. The Labute approximate surface area is 127 Å². The van der Waals surface area contributed by atoms with Gasteiger partial charge in [0.25, 0.3) is 5.69 Å². The van der Waals surface area contributed by atoms with Gasteiger partial charge in [0.1, 0.15) is 16.0 Å². The van der Waals surface area contributed by atoms with Gasteiger partial charge in [-0.25, -0.2) is 0 Å². The van der Waals surface area contributed by atoms with Crippen LogP contribution in [0.5, 0.6) is 5.75 Å². The van der Waals surface area contributed by atoms with E-state index < -0.39 is 13.7 Å². The molecule has 0 aliphatic carbocycles. The van der Waals surface area contributed by atoms with Crippen LogP contribution in [0.3, 0.4) is 0 Å². The van der Waals surface area contributed by atoms with Crippen LogP contribution in [0.1, 0.15) is 0 Å². The summed E-state index contributed by atoms with van der Waals surface area (Å²) in [5.74, 6) is 0.490. The van der Waals surface area contributed by atoms with E-state index in [1.165, 1.54) is 24.3 Å². The van der Waals surface area contributed by atoms with E-state index in [-0.39, 0.29) is 20.9 Å². The lowest BCUT2D eigenvalue weighted by Gasteiger charge is -2.21. The molecule has 8 heteroatoms. The second-order valence-corrected chi connectivity index (χ2v) is 8.59. The average molecular weight is 341 g/mol. The maximum Gasteiger partial charge on any atom is 0.269 e. The molecule has 0 heterocycles. The maximum absolute atomic E-state index is 10.5. The molecule has 0 saturated heterocycles. The van der Waals surface area contributed by atoms with Gasteiger partial charge in [0.05, 0.1) is 18.8 Å². The van der Waals surface area contributed by atoms with Crippen molar-refractivity contribution < 1.29 is 9.66 Å². The number of ether oxygens (including phenoxy) is 1. The van der Waals surface area contributed by atoms with Gasteiger partial charge in [-0.1, -0.05) is 47.9 Å². The summed E-state index contributed by atoms with van der Waals surface area (Å²) in [6, 6.07) is 5.78. The van der Waals surface area contributed by atoms with Crippen LogP contribution in [0.2, 0.25) is 13.1 Å². The zero-order valence-electron chi connectivity index (χ0n) is 10.3. The Bertz CT molecular complexity index is 486. The molecule has 0 saturated carbocycles. The van der Waals surface area contributed by atoms with Crippen molar-refractivity contribution in [2.75, 3.05) is 0 Å². The van der Waals surface area contributed by atoms with Gasteiger partial charge in [-0.3, -0.25) is 10.1 Å². The molecule has 0 aromatic heterocycles. The summed E-state index contributed by atoms with van der Waals surface area (Å²) in [5.41, 5.74) is -0.365. The first-order valence-electron chi connectivity index (χ1n) is 5.44. The van der Waals surface area contributed by atoms with Crippen molar-refractivity contribution in [1.82, 2.24) is 0 Å². The average Bonchev–Trinajstić information content (AvgIpc) is 2.35. The summed E-state index contributed by atoms with van der Waals surface area (Å²) in [7, 11) is -1.32. The molecule has 0 bridgehead atoms. The van der Waals surface area contributed by atoms with E-state index in [1.54, 1.807) is 0 Å². The quantitative estimate of drug-likeness (QED) is 0.457. The van der Waals surface area contributed by atoms with E-state index in [4.69, 9.17) is 39.5 Å². The summed E-state index contributed by atoms with van der Waals surface area (Å²) in [4.78, 5) is 10.1. The molecule has 4 nitrogen and oxygen atoms in total. The monoisotopic (exact) mass is 339 g/mol. The molecule has 1 rings (SSSR count). The van der Waals surface area contributed by atoms with Crippen LogP contribution in [0.15, 0.2) is 33.8 Å². The highest BCUT2D eigenvalue weighted by Gasteiger charge is 2.22. The zero-order chi connectivity index (χ0) is 14.6. The molecule has 0 fully saturated rings. The van der Waals surface area contributed by atoms with Crippen LogP contribution >= 0.6 is 34.8 Å². The Morgan fingerprint density at radius 1 is 1.26 bits per heavy atom. The number of rotatable bonds is 5. The van der Waals surface area contributed by atoms with Gasteiger partial charge in [-0.15, -0.1) is 0 Å². The number of benzene rings is 1. The summed E-state index contributed by atoms with van der Waals surface area (Å²) >= 11 is 17.4. The number of nitro groups is 1. The van der Waals surface area contributed by atoms with Crippen molar-refractivity contribution in [3.05, 3.63) is 43.9 Å². The van der Waals surface area contributed by atoms with Crippen LogP contribution in [0, 0.1) is 10.1 Å². The molecule has 1 unspecified atom stereocenters. The fourth-order valence-electron chi connectivity index (χ4n) is 1.38. The number of nitrogens with zero attached hydrogens (tertiary/aromatic N) is 1. The van der Waals surface area contributed by atoms with E-state index in [9.17, 15) is 10.1 Å². The smallest absolute Gasteiger partial charge is 0.269 e. The fraction of sp³-hybridized carbons (Fsp3) is 0.273. The zero-order valence-corrected chi connectivity index (χ0v) is 13.7. The van der Waals surface area contributed by atoms with Crippen molar-refractivity contribution in [3.63, 3.8) is 0 Å². The highest BCUT2D eigenvalue weighted by atomic mass is 35.5. The molecule has 1 atom stereocenters. The minimum atomic E-state index is -1.32. The van der Waals surface area contributed by atoms with Crippen LogP contribution < -0.4 is 4.74 Å². The largest absolute Gasteiger partial charge is 0.489 e. The first-order valence-corrected chi connectivity index (χ1v) is 9.55. The highest BCUT2D eigenvalue weighted by molar-refractivity contribution is 6.64. The van der Waals surface area contributed by atoms with Crippen LogP contribution in [-0.2, 0) is 0 Å². The molecule has 19 heavy (non-hydrogen) atoms. The Hall–Kier alpha value is -0.753. The second-order valence-electron chi connectivity index (χ2n) is 4.14. The van der Waals surface area contributed by atoms with Crippen molar-refractivity contribution in [2.45, 2.75) is 18.8 Å². The molecule has 1 aromatic rings. The van der Waals surface area contributed by atoms with Gasteiger partial charge in [-0.05, 0) is 12.1 Å². The molecule has 0 aliphatic rings. The van der Waals surface area contributed by atoms with E-state index in [1.807, 2.05) is 13.1 Å². The van der Waals surface area contributed by atoms with Crippen molar-refractivity contribution in [3.8, 4) is 5.75 Å². The lowest BCUT2D eigenvalue weighted by molar-refractivity contribution is -0.384.